The van der Waals surface area contributed by atoms with E-state index in [1.165, 1.54) is 72.3 Å². The van der Waals surface area contributed by atoms with Crippen molar-refractivity contribution in [2.45, 2.75) is 11.8 Å². The molecule has 0 aliphatic heterocycles. The van der Waals surface area contributed by atoms with Crippen molar-refractivity contribution in [1.29, 1.82) is 0 Å². The standard InChI is InChI=1S/2C7H5P4.2ClH.Zr/c2*1-2-4-6(3-1)7-5-8-10-11-9-7;;;/h2*1-3,5-6H;2*1H;/q2*-1;;;+4/p-2. The predicted molar refractivity (Wildman–Crippen MR) is 112 cm³/mol. The Hall–Kier alpha value is 2.30. The Morgan fingerprint density at radius 1 is 0.680 bits per heavy atom. The molecule has 0 amide bonds. The molecule has 0 fully saturated rings. The van der Waals surface area contributed by atoms with Gasteiger partial charge < -0.3 is 24.8 Å². The van der Waals surface area contributed by atoms with Gasteiger partial charge in [0.2, 0.25) is 0 Å². The summed E-state index contributed by atoms with van der Waals surface area (Å²) in [6.45, 7) is 0. The topological polar surface area (TPSA) is 0 Å². The Kier molecular flexibility index (Phi) is 17.6. The number of halogens is 2. The molecule has 2 heterocycles. The molecule has 0 spiro atoms. The summed E-state index contributed by atoms with van der Waals surface area (Å²) >= 11 is 0. The molecule has 25 heavy (non-hydrogen) atoms. The zero-order chi connectivity index (χ0) is 15.0. The van der Waals surface area contributed by atoms with E-state index in [-0.39, 0.29) is 51.0 Å². The smallest absolute Gasteiger partial charge is 1.00 e. The first-order valence-corrected chi connectivity index (χ1v) is 18.0. The molecular weight excluding hydrogens is 578 g/mol. The van der Waals surface area contributed by atoms with Gasteiger partial charge in [-0.1, -0.05) is 11.8 Å². The van der Waals surface area contributed by atoms with Gasteiger partial charge >= 0.3 is 26.2 Å². The van der Waals surface area contributed by atoms with E-state index in [9.17, 15) is 0 Å². The zero-order valence-corrected chi connectivity index (χ0v) is 23.7. The molecule has 2 aromatic heterocycles. The van der Waals surface area contributed by atoms with Crippen molar-refractivity contribution < 1.29 is 51.0 Å². The van der Waals surface area contributed by atoms with Crippen molar-refractivity contribution >= 4 is 61.7 Å². The van der Waals surface area contributed by atoms with Crippen molar-refractivity contribution in [3.8, 4) is 0 Å². The monoisotopic (exact) mass is 586 g/mol. The fourth-order valence-electron chi connectivity index (χ4n) is 1.83. The second kappa shape index (κ2) is 16.1. The van der Waals surface area contributed by atoms with Crippen molar-refractivity contribution in [2.75, 3.05) is 0 Å². The van der Waals surface area contributed by atoms with Crippen LogP contribution < -0.4 is 24.8 Å². The van der Waals surface area contributed by atoms with Crippen molar-refractivity contribution in [2.24, 2.45) is 0 Å². The fraction of sp³-hybridized carbons (Fsp3) is 0.143. The van der Waals surface area contributed by atoms with Crippen LogP contribution in [-0.2, 0) is 26.2 Å². The molecule has 124 valence electrons. The molecule has 11 heteroatoms. The van der Waals surface area contributed by atoms with Gasteiger partial charge in [0.05, 0.1) is 0 Å². The Balaban J connectivity index is 0.000000411. The quantitative estimate of drug-likeness (QED) is 0.465. The minimum atomic E-state index is 0. The van der Waals surface area contributed by atoms with Gasteiger partial charge in [0.1, 0.15) is 0 Å². The molecule has 0 saturated heterocycles. The summed E-state index contributed by atoms with van der Waals surface area (Å²) in [5, 5.41) is 3.05. The SMILES string of the molecule is [C-]1=CC=CC1c1cpppp1.[C-]1=CC=CC1c1cpppp1.[Cl-].[Cl-].[Zr+4]. The van der Waals surface area contributed by atoms with Crippen LogP contribution in [0.5, 0.6) is 0 Å². The van der Waals surface area contributed by atoms with Crippen LogP contribution >= 0.6 is 61.7 Å². The second-order valence-electron chi connectivity index (χ2n) is 4.29. The first-order chi connectivity index (χ1) is 10.9. The Bertz CT molecular complexity index is 637. The third kappa shape index (κ3) is 9.56. The number of rotatable bonds is 2. The first-order valence-electron chi connectivity index (χ1n) is 6.47. The van der Waals surface area contributed by atoms with Crippen molar-refractivity contribution in [3.63, 3.8) is 0 Å². The van der Waals surface area contributed by atoms with Crippen LogP contribution in [0.25, 0.3) is 0 Å². The number of hydrogen-bond donors (Lipinski definition) is 0. The average Bonchev–Trinajstić information content (AvgIpc) is 3.31. The van der Waals surface area contributed by atoms with E-state index in [2.05, 4.69) is 48.1 Å². The van der Waals surface area contributed by atoms with Crippen molar-refractivity contribution in [1.82, 2.24) is 0 Å². The van der Waals surface area contributed by atoms with Gasteiger partial charge in [-0.3, -0.25) is 12.2 Å². The normalized spacial score (nSPS) is 21.0. The van der Waals surface area contributed by atoms with Gasteiger partial charge in [-0.15, -0.1) is 0 Å². The van der Waals surface area contributed by atoms with Crippen LogP contribution in [0, 0.1) is 12.2 Å². The third-order valence-corrected chi connectivity index (χ3v) is 18.8. The van der Waals surface area contributed by atoms with Crippen LogP contribution in [0.15, 0.2) is 48.1 Å². The predicted octanol–water partition coefficient (Wildman–Crippen LogP) is 4.05. The minimum absolute atomic E-state index is 0. The van der Waals surface area contributed by atoms with E-state index in [0.29, 0.717) is 11.8 Å². The molecule has 4 rings (SSSR count). The molecule has 0 radical (unpaired) electrons. The summed E-state index contributed by atoms with van der Waals surface area (Å²) < 4.78 is 0. The maximum atomic E-state index is 3.30. The maximum absolute atomic E-state index is 3.30. The summed E-state index contributed by atoms with van der Waals surface area (Å²) in [7, 11) is 12.0. The van der Waals surface area contributed by atoms with E-state index >= 15 is 0 Å². The van der Waals surface area contributed by atoms with Gasteiger partial charge in [0, 0.05) is 0 Å². The van der Waals surface area contributed by atoms with Crippen LogP contribution in [-0.4, -0.2) is 0 Å². The molecule has 2 aliphatic carbocycles. The van der Waals surface area contributed by atoms with Gasteiger partial charge in [0.15, 0.2) is 0 Å². The zero-order valence-electron chi connectivity index (χ0n) is 12.6. The summed E-state index contributed by atoms with van der Waals surface area (Å²) in [5.74, 6) is 5.65. The summed E-state index contributed by atoms with van der Waals surface area (Å²) in [5.41, 5.74) is 0. The molecule has 2 aromatic rings. The molecule has 0 nitrogen and oxygen atoms in total. The van der Waals surface area contributed by atoms with Gasteiger partial charge in [-0.25, -0.2) is 24.3 Å². The fourth-order valence-corrected chi connectivity index (χ4v) is 17.6. The largest absolute Gasteiger partial charge is 4.00 e. The van der Waals surface area contributed by atoms with E-state index in [1.54, 1.807) is 0 Å². The molecule has 2 unspecified atom stereocenters. The molecular formula is C14H10Cl2P8Zr. The van der Waals surface area contributed by atoms with Gasteiger partial charge in [0.25, 0.3) is 0 Å². The Labute approximate surface area is 193 Å². The summed E-state index contributed by atoms with van der Waals surface area (Å²) in [6.07, 6.45) is 19.2. The second-order valence-corrected chi connectivity index (χ2v) is 18.6. The van der Waals surface area contributed by atoms with Crippen molar-refractivity contribution in [3.05, 3.63) is 70.8 Å². The molecule has 2 atom stereocenters. The number of allylic oxidation sites excluding steroid dienone is 8. The Morgan fingerprint density at radius 3 is 1.40 bits per heavy atom. The van der Waals surface area contributed by atoms with E-state index < -0.39 is 0 Å². The van der Waals surface area contributed by atoms with Crippen LogP contribution in [0.2, 0.25) is 0 Å². The van der Waals surface area contributed by atoms with Gasteiger partial charge in [-0.05, 0) is 83.9 Å². The summed E-state index contributed by atoms with van der Waals surface area (Å²) in [6, 6.07) is 0. The van der Waals surface area contributed by atoms with Crippen LogP contribution in [0.1, 0.15) is 22.4 Å². The van der Waals surface area contributed by atoms with E-state index in [4.69, 9.17) is 0 Å². The molecule has 0 bridgehead atoms. The summed E-state index contributed by atoms with van der Waals surface area (Å²) in [4.78, 5) is 0. The molecule has 0 N–H and O–H groups in total. The van der Waals surface area contributed by atoms with E-state index in [1.807, 2.05) is 12.2 Å². The van der Waals surface area contributed by atoms with Crippen LogP contribution in [0.4, 0.5) is 0 Å². The molecule has 0 aromatic carbocycles. The van der Waals surface area contributed by atoms with E-state index in [0.717, 1.165) is 0 Å². The average molecular weight is 588 g/mol. The Morgan fingerprint density at radius 2 is 1.12 bits per heavy atom. The molecule has 2 aliphatic rings. The molecule has 0 saturated carbocycles. The first kappa shape index (κ1) is 27.3. The number of hydrogen-bond acceptors (Lipinski definition) is 0. The minimum Gasteiger partial charge on any atom is -1.00 e. The maximum Gasteiger partial charge on any atom is 4.00 e. The third-order valence-electron chi connectivity index (χ3n) is 2.87. The van der Waals surface area contributed by atoms with Gasteiger partial charge in [-0.2, -0.15) is 12.2 Å². The van der Waals surface area contributed by atoms with Crippen LogP contribution in [0.3, 0.4) is 0 Å².